The molecule has 0 unspecified atom stereocenters. The number of anilines is 1. The number of thiazole rings is 1. The summed E-state index contributed by atoms with van der Waals surface area (Å²) in [5.41, 5.74) is 6.90. The summed E-state index contributed by atoms with van der Waals surface area (Å²) in [7, 11) is 0. The molecule has 2 rings (SSSR count). The molecule has 0 bridgehead atoms. The van der Waals surface area contributed by atoms with E-state index in [1.165, 1.54) is 11.3 Å². The van der Waals surface area contributed by atoms with E-state index in [1.807, 2.05) is 13.0 Å². The molecular weight excluding hydrogens is 248 g/mol. The Morgan fingerprint density at radius 2 is 2.33 bits per heavy atom. The van der Waals surface area contributed by atoms with Gasteiger partial charge in [-0.2, -0.15) is 0 Å². The quantitative estimate of drug-likeness (QED) is 0.877. The van der Waals surface area contributed by atoms with Gasteiger partial charge in [0.15, 0.2) is 0 Å². The average Bonchev–Trinajstić information content (AvgIpc) is 2.81. The van der Waals surface area contributed by atoms with E-state index in [4.69, 9.17) is 5.73 Å². The van der Waals surface area contributed by atoms with Crippen LogP contribution in [0, 0.1) is 6.92 Å². The summed E-state index contributed by atoms with van der Waals surface area (Å²) in [5, 5.41) is 5.31. The van der Waals surface area contributed by atoms with Crippen LogP contribution in [0.1, 0.15) is 21.1 Å². The Hall–Kier alpha value is -1.79. The van der Waals surface area contributed by atoms with E-state index in [9.17, 15) is 4.79 Å². The molecule has 6 heteroatoms. The highest BCUT2D eigenvalue weighted by Gasteiger charge is 2.11. The highest BCUT2D eigenvalue weighted by Crippen LogP contribution is 2.12. The lowest BCUT2D eigenvalue weighted by atomic mass is 10.3. The van der Waals surface area contributed by atoms with Crippen LogP contribution in [0.5, 0.6) is 0 Å². The molecule has 0 saturated carbocycles. The first-order chi connectivity index (χ1) is 8.69. The van der Waals surface area contributed by atoms with Crippen LogP contribution in [0.2, 0.25) is 0 Å². The molecule has 0 spiro atoms. The van der Waals surface area contributed by atoms with Crippen molar-refractivity contribution in [3.05, 3.63) is 40.0 Å². The zero-order valence-electron chi connectivity index (χ0n) is 10.0. The van der Waals surface area contributed by atoms with E-state index in [1.54, 1.807) is 17.6 Å². The highest BCUT2D eigenvalue weighted by atomic mass is 32.1. The molecule has 0 fully saturated rings. The smallest absolute Gasteiger partial charge is 0.276 e. The highest BCUT2D eigenvalue weighted by molar-refractivity contribution is 7.09. The monoisotopic (exact) mass is 262 g/mol. The lowest BCUT2D eigenvalue weighted by molar-refractivity contribution is 0.102. The summed E-state index contributed by atoms with van der Waals surface area (Å²) in [6, 6.07) is 3.66. The minimum atomic E-state index is -0.245. The van der Waals surface area contributed by atoms with Crippen LogP contribution < -0.4 is 11.1 Å². The Bertz CT molecular complexity index is 535. The maximum absolute atomic E-state index is 11.9. The lowest BCUT2D eigenvalue weighted by Gasteiger charge is -2.01. The topological polar surface area (TPSA) is 80.9 Å². The second kappa shape index (κ2) is 5.70. The van der Waals surface area contributed by atoms with Crippen LogP contribution in [0.3, 0.4) is 0 Å². The molecule has 0 aliphatic rings. The first-order valence-corrected chi connectivity index (χ1v) is 6.45. The third-order valence-electron chi connectivity index (χ3n) is 2.30. The molecule has 2 heterocycles. The summed E-state index contributed by atoms with van der Waals surface area (Å²) in [6.45, 7) is 2.48. The van der Waals surface area contributed by atoms with E-state index in [0.29, 0.717) is 24.5 Å². The zero-order valence-corrected chi connectivity index (χ0v) is 10.8. The number of carbonyl (C=O) groups is 1. The van der Waals surface area contributed by atoms with Gasteiger partial charge in [0, 0.05) is 18.0 Å². The molecule has 3 N–H and O–H groups in total. The Balaban J connectivity index is 2.04. The van der Waals surface area contributed by atoms with Crippen molar-refractivity contribution in [2.45, 2.75) is 13.3 Å². The van der Waals surface area contributed by atoms with Crippen molar-refractivity contribution in [1.82, 2.24) is 9.97 Å². The van der Waals surface area contributed by atoms with E-state index in [2.05, 4.69) is 15.3 Å². The number of aryl methyl sites for hydroxylation is 1. The summed E-state index contributed by atoms with van der Waals surface area (Å²) >= 11 is 1.44. The molecule has 2 aromatic rings. The molecular formula is C12H14N4OS. The molecule has 0 atom stereocenters. The molecule has 0 aliphatic carbocycles. The van der Waals surface area contributed by atoms with Gasteiger partial charge in [-0.3, -0.25) is 4.79 Å². The van der Waals surface area contributed by atoms with Crippen LogP contribution in [-0.4, -0.2) is 22.4 Å². The maximum Gasteiger partial charge on any atom is 0.276 e. The number of rotatable bonds is 4. The van der Waals surface area contributed by atoms with Crippen LogP contribution in [0.15, 0.2) is 23.7 Å². The fourth-order valence-electron chi connectivity index (χ4n) is 1.38. The zero-order chi connectivity index (χ0) is 13.0. The van der Waals surface area contributed by atoms with Crippen LogP contribution in [0.4, 0.5) is 5.82 Å². The fraction of sp³-hybridized carbons (Fsp3) is 0.250. The van der Waals surface area contributed by atoms with Crippen molar-refractivity contribution < 1.29 is 4.79 Å². The van der Waals surface area contributed by atoms with E-state index < -0.39 is 0 Å². The number of nitrogens with two attached hydrogens (primary N) is 1. The SMILES string of the molecule is Cc1ccc(NC(=O)c2csc(CCN)n2)nc1. The van der Waals surface area contributed by atoms with Gasteiger partial charge in [-0.15, -0.1) is 11.3 Å². The molecule has 1 amide bonds. The summed E-state index contributed by atoms with van der Waals surface area (Å²) < 4.78 is 0. The molecule has 0 aliphatic heterocycles. The largest absolute Gasteiger partial charge is 0.330 e. The summed E-state index contributed by atoms with van der Waals surface area (Å²) in [4.78, 5) is 20.2. The predicted molar refractivity (Wildman–Crippen MR) is 71.8 cm³/mol. The van der Waals surface area contributed by atoms with Gasteiger partial charge in [-0.25, -0.2) is 9.97 Å². The number of nitrogens with one attached hydrogen (secondary N) is 1. The van der Waals surface area contributed by atoms with Gasteiger partial charge >= 0.3 is 0 Å². The minimum Gasteiger partial charge on any atom is -0.330 e. The van der Waals surface area contributed by atoms with Gasteiger partial charge in [0.1, 0.15) is 11.5 Å². The summed E-state index contributed by atoms with van der Waals surface area (Å²) in [6.07, 6.45) is 2.40. The number of pyridine rings is 1. The standard InChI is InChI=1S/C12H14N4OS/c1-8-2-3-10(14-6-8)16-12(17)9-7-18-11(15-9)4-5-13/h2-3,6-7H,4-5,13H2,1H3,(H,14,16,17). The van der Waals surface area contributed by atoms with Gasteiger partial charge in [0.05, 0.1) is 5.01 Å². The Kier molecular flexibility index (Phi) is 4.01. The second-order valence-corrected chi connectivity index (χ2v) is 4.78. The van der Waals surface area contributed by atoms with Crippen molar-refractivity contribution in [1.29, 1.82) is 0 Å². The summed E-state index contributed by atoms with van der Waals surface area (Å²) in [5.74, 6) is 0.282. The number of hydrogen-bond acceptors (Lipinski definition) is 5. The molecule has 0 saturated heterocycles. The normalized spacial score (nSPS) is 10.3. The number of aromatic nitrogens is 2. The molecule has 0 radical (unpaired) electrons. The molecule has 2 aromatic heterocycles. The predicted octanol–water partition coefficient (Wildman–Crippen LogP) is 1.60. The van der Waals surface area contributed by atoms with Crippen molar-refractivity contribution in [3.63, 3.8) is 0 Å². The lowest BCUT2D eigenvalue weighted by Crippen LogP contribution is -2.13. The molecule has 5 nitrogen and oxygen atoms in total. The Morgan fingerprint density at radius 1 is 1.50 bits per heavy atom. The molecule has 94 valence electrons. The second-order valence-electron chi connectivity index (χ2n) is 3.84. The average molecular weight is 262 g/mol. The van der Waals surface area contributed by atoms with Crippen molar-refractivity contribution in [2.24, 2.45) is 5.73 Å². The fourth-order valence-corrected chi connectivity index (χ4v) is 2.17. The Morgan fingerprint density at radius 3 is 3.00 bits per heavy atom. The van der Waals surface area contributed by atoms with Crippen LogP contribution in [-0.2, 0) is 6.42 Å². The molecule has 0 aromatic carbocycles. The number of nitrogens with zero attached hydrogens (tertiary/aromatic N) is 2. The van der Waals surface area contributed by atoms with Gasteiger partial charge in [-0.05, 0) is 25.1 Å². The van der Waals surface area contributed by atoms with Crippen molar-refractivity contribution in [2.75, 3.05) is 11.9 Å². The number of carbonyl (C=O) groups excluding carboxylic acids is 1. The van der Waals surface area contributed by atoms with Gasteiger partial charge in [0.2, 0.25) is 0 Å². The van der Waals surface area contributed by atoms with E-state index in [-0.39, 0.29) is 5.91 Å². The van der Waals surface area contributed by atoms with E-state index >= 15 is 0 Å². The van der Waals surface area contributed by atoms with Gasteiger partial charge in [0.25, 0.3) is 5.91 Å². The van der Waals surface area contributed by atoms with Crippen LogP contribution >= 0.6 is 11.3 Å². The number of hydrogen-bond donors (Lipinski definition) is 2. The molecule has 18 heavy (non-hydrogen) atoms. The first-order valence-electron chi connectivity index (χ1n) is 5.57. The number of amides is 1. The third-order valence-corrected chi connectivity index (χ3v) is 3.20. The minimum absolute atomic E-state index is 0.245. The van der Waals surface area contributed by atoms with Gasteiger partial charge in [-0.1, -0.05) is 6.07 Å². The Labute approximate surface area is 109 Å². The van der Waals surface area contributed by atoms with Gasteiger partial charge < -0.3 is 11.1 Å². The first kappa shape index (κ1) is 12.7. The van der Waals surface area contributed by atoms with E-state index in [0.717, 1.165) is 10.6 Å². The van der Waals surface area contributed by atoms with Crippen LogP contribution in [0.25, 0.3) is 0 Å². The van der Waals surface area contributed by atoms with Crippen molar-refractivity contribution in [3.8, 4) is 0 Å². The maximum atomic E-state index is 11.9. The third kappa shape index (κ3) is 3.12. The van der Waals surface area contributed by atoms with Crippen molar-refractivity contribution >= 4 is 23.1 Å².